The van der Waals surface area contributed by atoms with Crippen LogP contribution in [0.25, 0.3) is 0 Å². The van der Waals surface area contributed by atoms with Gasteiger partial charge in [-0.15, -0.1) is 0 Å². The number of Topliss-reactive ketones (excluding diaryl/α,β-unsaturated/α-hetero) is 1. The fraction of sp³-hybridized carbons (Fsp3) is 0.583. The van der Waals surface area contributed by atoms with Gasteiger partial charge in [-0.05, 0) is 42.7 Å². The average molecular weight is 470 g/mol. The molecule has 1 saturated heterocycles. The first-order valence-electron chi connectivity index (χ1n) is 11.5. The number of ether oxygens (including phenoxy) is 4. The highest BCUT2D eigenvalue weighted by molar-refractivity contribution is 6.08. The van der Waals surface area contributed by atoms with E-state index in [9.17, 15) is 19.2 Å². The summed E-state index contributed by atoms with van der Waals surface area (Å²) in [6, 6.07) is 3.07. The van der Waals surface area contributed by atoms with Crippen LogP contribution in [-0.4, -0.2) is 68.3 Å². The molecule has 0 N–H and O–H groups in total. The van der Waals surface area contributed by atoms with E-state index in [4.69, 9.17) is 18.9 Å². The molecule has 2 saturated carbocycles. The summed E-state index contributed by atoms with van der Waals surface area (Å²) in [5.74, 6) is 0.132. The van der Waals surface area contributed by atoms with Crippen LogP contribution in [0.5, 0.6) is 11.5 Å². The second-order valence-electron chi connectivity index (χ2n) is 9.93. The third kappa shape index (κ3) is 2.17. The molecule has 4 atom stereocenters. The Morgan fingerprint density at radius 3 is 2.68 bits per heavy atom. The number of methoxy groups -OCH3 is 2. The van der Waals surface area contributed by atoms with E-state index in [2.05, 4.69) is 0 Å². The van der Waals surface area contributed by atoms with Crippen molar-refractivity contribution >= 4 is 29.9 Å². The molecule has 2 amide bonds. The van der Waals surface area contributed by atoms with Crippen molar-refractivity contribution in [1.82, 2.24) is 4.90 Å². The second kappa shape index (κ2) is 6.86. The Morgan fingerprint density at radius 2 is 1.94 bits per heavy atom. The number of fused-ring (bicyclic) bond motifs is 3. The third-order valence-corrected chi connectivity index (χ3v) is 8.83. The van der Waals surface area contributed by atoms with Gasteiger partial charge in [0.05, 0.1) is 31.4 Å². The van der Waals surface area contributed by atoms with Crippen LogP contribution in [0, 0.1) is 5.41 Å². The highest BCUT2D eigenvalue weighted by Gasteiger charge is 2.80. The van der Waals surface area contributed by atoms with Crippen molar-refractivity contribution in [3.05, 3.63) is 17.7 Å². The molecule has 1 aromatic rings. The minimum absolute atomic E-state index is 0.000997. The number of benzene rings is 1. The lowest BCUT2D eigenvalue weighted by atomic mass is 9.42. The molecular formula is C24H26N2O8. The zero-order valence-corrected chi connectivity index (χ0v) is 19.1. The van der Waals surface area contributed by atoms with E-state index in [1.807, 2.05) is 0 Å². The number of anilines is 1. The van der Waals surface area contributed by atoms with Crippen molar-refractivity contribution in [2.75, 3.05) is 32.5 Å². The summed E-state index contributed by atoms with van der Waals surface area (Å²) in [5.41, 5.74) is -2.30. The molecular weight excluding hydrogens is 444 g/mol. The lowest BCUT2D eigenvalue weighted by molar-refractivity contribution is -0.175. The van der Waals surface area contributed by atoms with Crippen molar-refractivity contribution in [1.29, 1.82) is 0 Å². The topological polar surface area (TPSA) is 112 Å². The molecule has 3 aliphatic heterocycles. The number of ketones is 1. The molecule has 0 unspecified atom stereocenters. The monoisotopic (exact) mass is 470 g/mol. The number of esters is 1. The van der Waals surface area contributed by atoms with Crippen LogP contribution in [0.15, 0.2) is 12.1 Å². The van der Waals surface area contributed by atoms with Crippen LogP contribution in [0.3, 0.4) is 0 Å². The third-order valence-electron chi connectivity index (χ3n) is 8.83. The Kier molecular flexibility index (Phi) is 4.29. The van der Waals surface area contributed by atoms with Crippen LogP contribution >= 0.6 is 0 Å². The maximum atomic E-state index is 13.9. The number of nitrogens with zero attached hydrogens (tertiary/aromatic N) is 2. The summed E-state index contributed by atoms with van der Waals surface area (Å²) in [5, 5.41) is 0. The quantitative estimate of drug-likeness (QED) is 0.476. The van der Waals surface area contributed by atoms with Gasteiger partial charge in [0.1, 0.15) is 5.78 Å². The maximum absolute atomic E-state index is 13.9. The number of amides is 2. The zero-order valence-electron chi connectivity index (χ0n) is 19.1. The van der Waals surface area contributed by atoms with Gasteiger partial charge < -0.3 is 23.8 Å². The summed E-state index contributed by atoms with van der Waals surface area (Å²) in [6.07, 6.45) is 2.71. The summed E-state index contributed by atoms with van der Waals surface area (Å²) in [7, 11) is 2.52. The van der Waals surface area contributed by atoms with Gasteiger partial charge in [0.2, 0.25) is 13.2 Å². The lowest BCUT2D eigenvalue weighted by Gasteiger charge is -2.66. The molecule has 1 spiro atoms. The summed E-state index contributed by atoms with van der Waals surface area (Å²) >= 11 is 0. The van der Waals surface area contributed by atoms with E-state index < -0.39 is 34.5 Å². The first kappa shape index (κ1) is 21.2. The van der Waals surface area contributed by atoms with Crippen LogP contribution in [0.1, 0.15) is 44.1 Å². The number of likely N-dealkylation sites (tertiary alicyclic amines) is 1. The Balaban J connectivity index is 1.75. The van der Waals surface area contributed by atoms with Gasteiger partial charge in [-0.3, -0.25) is 14.5 Å². The number of hydrogen-bond acceptors (Lipinski definition) is 8. The predicted molar refractivity (Wildman–Crippen MR) is 116 cm³/mol. The van der Waals surface area contributed by atoms with Gasteiger partial charge in [0.25, 0.3) is 0 Å². The molecule has 3 heterocycles. The molecule has 180 valence electrons. The second-order valence-corrected chi connectivity index (χ2v) is 9.93. The van der Waals surface area contributed by atoms with E-state index in [1.165, 1.54) is 19.1 Å². The van der Waals surface area contributed by atoms with E-state index in [1.54, 1.807) is 17.0 Å². The van der Waals surface area contributed by atoms with Gasteiger partial charge in [0, 0.05) is 19.4 Å². The van der Waals surface area contributed by atoms with Crippen LogP contribution < -0.4 is 14.4 Å². The van der Waals surface area contributed by atoms with Gasteiger partial charge in [-0.25, -0.2) is 9.59 Å². The largest absolute Gasteiger partial charge is 0.467 e. The molecule has 0 aromatic heterocycles. The van der Waals surface area contributed by atoms with Gasteiger partial charge in [-0.2, -0.15) is 0 Å². The molecule has 10 heteroatoms. The molecule has 5 aliphatic rings. The lowest BCUT2D eigenvalue weighted by Crippen LogP contribution is -2.79. The van der Waals surface area contributed by atoms with E-state index >= 15 is 0 Å². The van der Waals surface area contributed by atoms with Crippen LogP contribution in [0.2, 0.25) is 0 Å². The number of rotatable bonds is 2. The Labute approximate surface area is 196 Å². The minimum atomic E-state index is -1.58. The van der Waals surface area contributed by atoms with Crippen LogP contribution in [0.4, 0.5) is 10.5 Å². The molecule has 34 heavy (non-hydrogen) atoms. The first-order chi connectivity index (χ1) is 16.4. The van der Waals surface area contributed by atoms with Crippen molar-refractivity contribution in [3.63, 3.8) is 0 Å². The number of carbonyl (C=O) groups excluding carboxylic acids is 4. The first-order valence-corrected chi connectivity index (χ1v) is 11.5. The van der Waals surface area contributed by atoms with Crippen molar-refractivity contribution in [3.8, 4) is 11.5 Å². The SMILES string of the molecule is COC(=O)N1c2c(ccc3c2OCO3)[C@@]23CC(=O)C[C@]4(CCCN(C=O)[C@@H]42)CC[C@]13C(=O)OC. The van der Waals surface area contributed by atoms with Crippen molar-refractivity contribution in [2.45, 2.75) is 55.5 Å². The molecule has 10 nitrogen and oxygen atoms in total. The number of carbonyl (C=O) groups is 4. The zero-order chi connectivity index (χ0) is 23.9. The minimum Gasteiger partial charge on any atom is -0.467 e. The molecule has 2 bridgehead atoms. The number of piperidine rings is 1. The van der Waals surface area contributed by atoms with Gasteiger partial charge in [0.15, 0.2) is 17.0 Å². The van der Waals surface area contributed by atoms with Gasteiger partial charge >= 0.3 is 12.1 Å². The average Bonchev–Trinajstić information content (AvgIpc) is 3.41. The fourth-order valence-corrected chi connectivity index (χ4v) is 7.96. The van der Waals surface area contributed by atoms with Gasteiger partial charge in [-0.1, -0.05) is 6.07 Å². The Hall–Kier alpha value is -3.30. The Bertz CT molecular complexity index is 1140. The highest BCUT2D eigenvalue weighted by Crippen LogP contribution is 2.71. The predicted octanol–water partition coefficient (Wildman–Crippen LogP) is 1.92. The summed E-state index contributed by atoms with van der Waals surface area (Å²) in [6.45, 7) is 0.479. The molecule has 6 rings (SSSR count). The smallest absolute Gasteiger partial charge is 0.415 e. The summed E-state index contributed by atoms with van der Waals surface area (Å²) in [4.78, 5) is 56.2. The maximum Gasteiger partial charge on any atom is 0.415 e. The highest BCUT2D eigenvalue weighted by atomic mass is 16.7. The molecule has 0 radical (unpaired) electrons. The Morgan fingerprint density at radius 1 is 1.12 bits per heavy atom. The summed E-state index contributed by atoms with van der Waals surface area (Å²) < 4.78 is 21.9. The van der Waals surface area contributed by atoms with Crippen molar-refractivity contribution in [2.24, 2.45) is 5.41 Å². The molecule has 1 aromatic carbocycles. The van der Waals surface area contributed by atoms with Crippen LogP contribution in [-0.2, 0) is 29.3 Å². The van der Waals surface area contributed by atoms with E-state index in [0.717, 1.165) is 19.3 Å². The standard InChI is InChI=1S/C24H26N2O8/c1-31-20(29)24-8-7-22-6-3-9-25(12-27)19(22)23(24,11-14(28)10-22)15-4-5-16-18(34-13-33-16)17(15)26(24)21(30)32-2/h4-5,12,19H,3,6-11,13H2,1-2H3/t19-,22-,23-,24+/m0/s1. The molecule has 2 aliphatic carbocycles. The fourth-order valence-electron chi connectivity index (χ4n) is 7.96. The molecule has 3 fully saturated rings. The van der Waals surface area contributed by atoms with Crippen molar-refractivity contribution < 1.29 is 38.1 Å². The number of hydrogen-bond donors (Lipinski definition) is 0. The van der Waals surface area contributed by atoms with E-state index in [0.29, 0.717) is 42.1 Å². The normalized spacial score (nSPS) is 34.6. The van der Waals surface area contributed by atoms with E-state index in [-0.39, 0.29) is 25.4 Å².